The first-order valence-corrected chi connectivity index (χ1v) is 5.53. The number of hydrogen-bond acceptors (Lipinski definition) is 6. The maximum Gasteiger partial charge on any atom is 0.168 e. The van der Waals surface area contributed by atoms with E-state index >= 15 is 0 Å². The van der Waals surface area contributed by atoms with Crippen molar-refractivity contribution >= 4 is 23.0 Å². The minimum atomic E-state index is 0.390. The van der Waals surface area contributed by atoms with E-state index in [1.807, 2.05) is 19.1 Å². The molecule has 0 saturated carbocycles. The van der Waals surface area contributed by atoms with E-state index < -0.39 is 0 Å². The van der Waals surface area contributed by atoms with Gasteiger partial charge in [0, 0.05) is 5.69 Å². The van der Waals surface area contributed by atoms with Crippen molar-refractivity contribution in [3.05, 3.63) is 35.7 Å². The largest absolute Gasteiger partial charge is 0.393 e. The molecule has 0 unspecified atom stereocenters. The van der Waals surface area contributed by atoms with Crippen molar-refractivity contribution in [2.45, 2.75) is 13.8 Å². The van der Waals surface area contributed by atoms with E-state index in [0.717, 1.165) is 11.3 Å². The first-order chi connectivity index (χ1) is 8.63. The minimum Gasteiger partial charge on any atom is -0.393 e. The zero-order chi connectivity index (χ0) is 13.1. The summed E-state index contributed by atoms with van der Waals surface area (Å²) in [6.45, 7) is 4.09. The summed E-state index contributed by atoms with van der Waals surface area (Å²) in [5.41, 5.74) is 12.0. The molecule has 6 heteroatoms. The van der Waals surface area contributed by atoms with Crippen molar-refractivity contribution in [2.24, 2.45) is 5.84 Å². The van der Waals surface area contributed by atoms with Crippen LogP contribution in [0.5, 0.6) is 0 Å². The van der Waals surface area contributed by atoms with Crippen LogP contribution in [0.3, 0.4) is 0 Å². The smallest absolute Gasteiger partial charge is 0.168 e. The molecule has 6 nitrogen and oxygen atoms in total. The number of nitrogens with one attached hydrogen (secondary N) is 2. The highest BCUT2D eigenvalue weighted by atomic mass is 15.3. The number of nitrogen functional groups attached to an aromatic ring is 2. The summed E-state index contributed by atoms with van der Waals surface area (Å²) in [6, 6.07) is 6.00. The Kier molecular flexibility index (Phi) is 3.29. The fraction of sp³-hybridized carbons (Fsp3) is 0.167. The Hall–Kier alpha value is -2.34. The third-order valence-electron chi connectivity index (χ3n) is 2.88. The maximum atomic E-state index is 5.90. The van der Waals surface area contributed by atoms with E-state index in [2.05, 4.69) is 33.7 Å². The average molecular weight is 244 g/mol. The van der Waals surface area contributed by atoms with Crippen molar-refractivity contribution in [2.75, 3.05) is 16.5 Å². The van der Waals surface area contributed by atoms with Crippen LogP contribution in [0.4, 0.5) is 23.0 Å². The molecule has 94 valence electrons. The number of hydrogen-bond donors (Lipinski definition) is 4. The van der Waals surface area contributed by atoms with Crippen LogP contribution in [0.1, 0.15) is 11.1 Å². The monoisotopic (exact) mass is 244 g/mol. The quantitative estimate of drug-likeness (QED) is 0.484. The predicted octanol–water partition coefficient (Wildman–Crippen LogP) is 1.70. The van der Waals surface area contributed by atoms with Gasteiger partial charge >= 0.3 is 0 Å². The van der Waals surface area contributed by atoms with Crippen molar-refractivity contribution in [1.82, 2.24) is 9.97 Å². The maximum absolute atomic E-state index is 5.90. The van der Waals surface area contributed by atoms with Gasteiger partial charge in [-0.25, -0.2) is 15.8 Å². The summed E-state index contributed by atoms with van der Waals surface area (Å²) in [5, 5.41) is 3.18. The highest BCUT2D eigenvalue weighted by Gasteiger charge is 2.08. The van der Waals surface area contributed by atoms with Gasteiger partial charge in [0.25, 0.3) is 0 Å². The number of aromatic nitrogens is 2. The number of aryl methyl sites for hydroxylation is 1. The Morgan fingerprint density at radius 2 is 1.83 bits per heavy atom. The van der Waals surface area contributed by atoms with E-state index in [4.69, 9.17) is 11.6 Å². The molecule has 0 spiro atoms. The van der Waals surface area contributed by atoms with Gasteiger partial charge in [0.05, 0.1) is 0 Å². The topological polar surface area (TPSA) is 102 Å². The second-order valence-electron chi connectivity index (χ2n) is 4.00. The lowest BCUT2D eigenvalue weighted by molar-refractivity contribution is 1.14. The first-order valence-electron chi connectivity index (χ1n) is 5.53. The molecule has 0 atom stereocenters. The molecule has 1 aromatic heterocycles. The molecule has 1 aromatic carbocycles. The number of benzene rings is 1. The van der Waals surface area contributed by atoms with Gasteiger partial charge in [-0.05, 0) is 31.0 Å². The molecule has 18 heavy (non-hydrogen) atoms. The summed E-state index contributed by atoms with van der Waals surface area (Å²) in [6.07, 6.45) is 1.40. The summed E-state index contributed by atoms with van der Waals surface area (Å²) in [4.78, 5) is 8.04. The van der Waals surface area contributed by atoms with E-state index in [0.29, 0.717) is 17.3 Å². The van der Waals surface area contributed by atoms with Crippen LogP contribution in [0.2, 0.25) is 0 Å². The van der Waals surface area contributed by atoms with Crippen molar-refractivity contribution in [3.63, 3.8) is 0 Å². The molecule has 0 saturated heterocycles. The average Bonchev–Trinajstić information content (AvgIpc) is 2.37. The molecule has 0 aliphatic carbocycles. The Labute approximate surface area is 105 Å². The summed E-state index contributed by atoms with van der Waals surface area (Å²) in [7, 11) is 0. The zero-order valence-electron chi connectivity index (χ0n) is 10.4. The summed E-state index contributed by atoms with van der Waals surface area (Å²) < 4.78 is 0. The van der Waals surface area contributed by atoms with Crippen LogP contribution in [0.25, 0.3) is 0 Å². The van der Waals surface area contributed by atoms with Crippen LogP contribution in [0, 0.1) is 13.8 Å². The highest BCUT2D eigenvalue weighted by molar-refractivity contribution is 5.78. The molecule has 0 fully saturated rings. The number of rotatable bonds is 3. The normalized spacial score (nSPS) is 10.2. The lowest BCUT2D eigenvalue weighted by Gasteiger charge is -2.13. The number of nitrogens with two attached hydrogens (primary N) is 2. The highest BCUT2D eigenvalue weighted by Crippen LogP contribution is 2.27. The second kappa shape index (κ2) is 4.89. The SMILES string of the molecule is Cc1cccc(Nc2ncnc(NN)c2N)c1C. The van der Waals surface area contributed by atoms with Crippen molar-refractivity contribution < 1.29 is 0 Å². The van der Waals surface area contributed by atoms with E-state index in [1.54, 1.807) is 0 Å². The van der Waals surface area contributed by atoms with Gasteiger partial charge in [-0.1, -0.05) is 12.1 Å². The molecule has 0 aliphatic rings. The standard InChI is InChI=1S/C12H16N6/c1-7-4-3-5-9(8(7)2)17-11-10(13)12(18-14)16-6-15-11/h3-6H,13-14H2,1-2H3,(H2,15,16,17,18). The van der Waals surface area contributed by atoms with Crippen LogP contribution in [0.15, 0.2) is 24.5 Å². The molecule has 2 aromatic rings. The molecule has 6 N–H and O–H groups in total. The number of hydrazine groups is 1. The van der Waals surface area contributed by atoms with Crippen LogP contribution >= 0.6 is 0 Å². The number of nitrogens with zero attached hydrogens (tertiary/aromatic N) is 2. The third kappa shape index (κ3) is 2.18. The summed E-state index contributed by atoms with van der Waals surface area (Å²) >= 11 is 0. The molecular formula is C12H16N6. The Morgan fingerprint density at radius 3 is 2.56 bits per heavy atom. The zero-order valence-corrected chi connectivity index (χ0v) is 10.4. The van der Waals surface area contributed by atoms with Gasteiger partial charge in [0.1, 0.15) is 12.0 Å². The van der Waals surface area contributed by atoms with Gasteiger partial charge < -0.3 is 16.5 Å². The molecule has 2 rings (SSSR count). The molecule has 0 aliphatic heterocycles. The van der Waals surface area contributed by atoms with Crippen molar-refractivity contribution in [3.8, 4) is 0 Å². The third-order valence-corrected chi connectivity index (χ3v) is 2.88. The predicted molar refractivity (Wildman–Crippen MR) is 73.5 cm³/mol. The van der Waals surface area contributed by atoms with Crippen LogP contribution in [-0.2, 0) is 0 Å². The van der Waals surface area contributed by atoms with Crippen molar-refractivity contribution in [1.29, 1.82) is 0 Å². The fourth-order valence-electron chi connectivity index (χ4n) is 1.62. The molecule has 0 bridgehead atoms. The number of anilines is 4. The van der Waals surface area contributed by atoms with E-state index in [1.165, 1.54) is 11.9 Å². The van der Waals surface area contributed by atoms with Crippen LogP contribution in [-0.4, -0.2) is 9.97 Å². The fourth-order valence-corrected chi connectivity index (χ4v) is 1.62. The van der Waals surface area contributed by atoms with Gasteiger partial charge in [-0.3, -0.25) is 0 Å². The second-order valence-corrected chi connectivity index (χ2v) is 4.00. The molecule has 1 heterocycles. The van der Waals surface area contributed by atoms with Gasteiger partial charge in [-0.2, -0.15) is 0 Å². The van der Waals surface area contributed by atoms with Gasteiger partial charge in [0.2, 0.25) is 0 Å². The summed E-state index contributed by atoms with van der Waals surface area (Å²) in [5.74, 6) is 6.25. The molecular weight excluding hydrogens is 228 g/mol. The molecule has 0 amide bonds. The Balaban J connectivity index is 2.37. The van der Waals surface area contributed by atoms with Gasteiger partial charge in [-0.15, -0.1) is 0 Å². The van der Waals surface area contributed by atoms with Gasteiger partial charge in [0.15, 0.2) is 11.6 Å². The van der Waals surface area contributed by atoms with E-state index in [9.17, 15) is 0 Å². The molecule has 0 radical (unpaired) electrons. The minimum absolute atomic E-state index is 0.390. The first kappa shape index (κ1) is 12.1. The Morgan fingerprint density at radius 1 is 1.11 bits per heavy atom. The van der Waals surface area contributed by atoms with Crippen LogP contribution < -0.4 is 22.3 Å². The lowest BCUT2D eigenvalue weighted by atomic mass is 10.1. The Bertz CT molecular complexity index is 566. The lowest BCUT2D eigenvalue weighted by Crippen LogP contribution is -2.13. The van der Waals surface area contributed by atoms with E-state index in [-0.39, 0.29) is 0 Å².